The summed E-state index contributed by atoms with van der Waals surface area (Å²) in [4.78, 5) is 12.8. The SMILES string of the molecule is C=C(C)c1cc(N)ccc1C(=O)c1ccccc1CC. The molecule has 0 aliphatic carbocycles. The molecule has 0 heterocycles. The number of ketones is 1. The molecular weight excluding hydrogens is 246 g/mol. The van der Waals surface area contributed by atoms with Crippen LogP contribution in [-0.2, 0) is 6.42 Å². The Bertz CT molecular complexity index is 671. The van der Waals surface area contributed by atoms with Crippen LogP contribution in [0.15, 0.2) is 49.0 Å². The number of rotatable bonds is 4. The fourth-order valence-corrected chi connectivity index (χ4v) is 2.31. The molecule has 20 heavy (non-hydrogen) atoms. The van der Waals surface area contributed by atoms with Crippen molar-refractivity contribution in [3.8, 4) is 0 Å². The van der Waals surface area contributed by atoms with Crippen LogP contribution in [0.1, 0.15) is 40.9 Å². The minimum absolute atomic E-state index is 0.0282. The molecule has 0 unspecified atom stereocenters. The number of allylic oxidation sites excluding steroid dienone is 1. The van der Waals surface area contributed by atoms with Gasteiger partial charge in [0, 0.05) is 16.8 Å². The van der Waals surface area contributed by atoms with Gasteiger partial charge in [-0.25, -0.2) is 0 Å². The fraction of sp³-hybridized carbons (Fsp3) is 0.167. The fourth-order valence-electron chi connectivity index (χ4n) is 2.31. The first-order chi connectivity index (χ1) is 9.54. The van der Waals surface area contributed by atoms with E-state index in [-0.39, 0.29) is 5.78 Å². The lowest BCUT2D eigenvalue weighted by atomic mass is 9.92. The van der Waals surface area contributed by atoms with Crippen molar-refractivity contribution in [2.24, 2.45) is 0 Å². The van der Waals surface area contributed by atoms with E-state index in [0.717, 1.165) is 28.7 Å². The van der Waals surface area contributed by atoms with E-state index in [4.69, 9.17) is 5.73 Å². The zero-order valence-electron chi connectivity index (χ0n) is 11.9. The highest BCUT2D eigenvalue weighted by atomic mass is 16.1. The molecule has 2 heteroatoms. The zero-order valence-corrected chi connectivity index (χ0v) is 11.9. The summed E-state index contributed by atoms with van der Waals surface area (Å²) in [6, 6.07) is 13.1. The van der Waals surface area contributed by atoms with Crippen molar-refractivity contribution in [2.45, 2.75) is 20.3 Å². The topological polar surface area (TPSA) is 43.1 Å². The molecule has 2 aromatic carbocycles. The molecular formula is C18H19NO. The van der Waals surface area contributed by atoms with Gasteiger partial charge in [0.15, 0.2) is 5.78 Å². The standard InChI is InChI=1S/C18H19NO/c1-4-13-7-5-6-8-15(13)18(20)16-10-9-14(19)11-17(16)12(2)3/h5-11H,2,4,19H2,1,3H3. The van der Waals surface area contributed by atoms with E-state index in [1.54, 1.807) is 12.1 Å². The smallest absolute Gasteiger partial charge is 0.193 e. The summed E-state index contributed by atoms with van der Waals surface area (Å²) in [7, 11) is 0. The first-order valence-corrected chi connectivity index (χ1v) is 6.72. The van der Waals surface area contributed by atoms with Gasteiger partial charge in [0.25, 0.3) is 0 Å². The second-order valence-corrected chi connectivity index (χ2v) is 4.93. The maximum atomic E-state index is 12.8. The van der Waals surface area contributed by atoms with Crippen LogP contribution in [0.4, 0.5) is 5.69 Å². The van der Waals surface area contributed by atoms with Crippen molar-refractivity contribution in [1.29, 1.82) is 0 Å². The Morgan fingerprint density at radius 1 is 1.10 bits per heavy atom. The van der Waals surface area contributed by atoms with E-state index >= 15 is 0 Å². The summed E-state index contributed by atoms with van der Waals surface area (Å²) >= 11 is 0. The van der Waals surface area contributed by atoms with Gasteiger partial charge in [0.05, 0.1) is 0 Å². The molecule has 0 saturated carbocycles. The monoisotopic (exact) mass is 265 g/mol. The number of carbonyl (C=O) groups is 1. The van der Waals surface area contributed by atoms with E-state index in [2.05, 4.69) is 13.5 Å². The van der Waals surface area contributed by atoms with Crippen LogP contribution >= 0.6 is 0 Å². The maximum absolute atomic E-state index is 12.8. The highest BCUT2D eigenvalue weighted by molar-refractivity contribution is 6.12. The molecule has 0 atom stereocenters. The molecule has 0 amide bonds. The van der Waals surface area contributed by atoms with Crippen molar-refractivity contribution < 1.29 is 4.79 Å². The summed E-state index contributed by atoms with van der Waals surface area (Å²) in [5, 5.41) is 0. The summed E-state index contributed by atoms with van der Waals surface area (Å²) in [6.45, 7) is 7.87. The minimum Gasteiger partial charge on any atom is -0.399 e. The molecule has 2 N–H and O–H groups in total. The van der Waals surface area contributed by atoms with Gasteiger partial charge in [-0.15, -0.1) is 0 Å². The molecule has 0 aliphatic heterocycles. The largest absolute Gasteiger partial charge is 0.399 e. The van der Waals surface area contributed by atoms with Gasteiger partial charge in [-0.2, -0.15) is 0 Å². The third-order valence-electron chi connectivity index (χ3n) is 3.39. The first-order valence-electron chi connectivity index (χ1n) is 6.72. The number of carbonyl (C=O) groups excluding carboxylic acids is 1. The van der Waals surface area contributed by atoms with Crippen LogP contribution in [0.25, 0.3) is 5.57 Å². The van der Waals surface area contributed by atoms with Gasteiger partial charge in [-0.1, -0.05) is 43.3 Å². The molecule has 0 bridgehead atoms. The number of hydrogen-bond donors (Lipinski definition) is 1. The molecule has 0 aliphatic rings. The molecule has 0 saturated heterocycles. The van der Waals surface area contributed by atoms with Crippen LogP contribution in [-0.4, -0.2) is 5.78 Å². The summed E-state index contributed by atoms with van der Waals surface area (Å²) in [5.41, 5.74) is 10.6. The summed E-state index contributed by atoms with van der Waals surface area (Å²) in [5.74, 6) is 0.0282. The number of nitrogen functional groups attached to an aromatic ring is 1. The van der Waals surface area contributed by atoms with E-state index in [1.165, 1.54) is 0 Å². The van der Waals surface area contributed by atoms with Crippen LogP contribution in [0.2, 0.25) is 0 Å². The normalized spacial score (nSPS) is 10.3. The highest BCUT2D eigenvalue weighted by Gasteiger charge is 2.16. The predicted molar refractivity (Wildman–Crippen MR) is 84.8 cm³/mol. The molecule has 0 fully saturated rings. The van der Waals surface area contributed by atoms with E-state index < -0.39 is 0 Å². The van der Waals surface area contributed by atoms with E-state index in [9.17, 15) is 4.79 Å². The van der Waals surface area contributed by atoms with Crippen LogP contribution in [0.3, 0.4) is 0 Å². The quantitative estimate of drug-likeness (QED) is 0.668. The van der Waals surface area contributed by atoms with Crippen molar-refractivity contribution in [3.05, 3.63) is 71.3 Å². The van der Waals surface area contributed by atoms with Crippen molar-refractivity contribution in [3.63, 3.8) is 0 Å². The van der Waals surface area contributed by atoms with Crippen molar-refractivity contribution >= 4 is 17.0 Å². The Kier molecular flexibility index (Phi) is 4.04. The van der Waals surface area contributed by atoms with Gasteiger partial charge >= 0.3 is 0 Å². The Balaban J connectivity index is 2.56. The zero-order chi connectivity index (χ0) is 14.7. The third-order valence-corrected chi connectivity index (χ3v) is 3.39. The van der Waals surface area contributed by atoms with Crippen LogP contribution < -0.4 is 5.73 Å². The number of aryl methyl sites for hydroxylation is 1. The molecule has 2 rings (SSSR count). The lowest BCUT2D eigenvalue weighted by molar-refractivity contribution is 0.103. The number of benzene rings is 2. The molecule has 2 aromatic rings. The van der Waals surface area contributed by atoms with E-state index in [1.807, 2.05) is 37.3 Å². The van der Waals surface area contributed by atoms with Gasteiger partial charge < -0.3 is 5.73 Å². The maximum Gasteiger partial charge on any atom is 0.193 e. The number of anilines is 1. The average Bonchev–Trinajstić information content (AvgIpc) is 2.46. The predicted octanol–water partition coefficient (Wildman–Crippen LogP) is 4.10. The van der Waals surface area contributed by atoms with E-state index in [0.29, 0.717) is 11.3 Å². The molecule has 0 aromatic heterocycles. The summed E-state index contributed by atoms with van der Waals surface area (Å²) in [6.07, 6.45) is 0.833. The van der Waals surface area contributed by atoms with Gasteiger partial charge in [-0.05, 0) is 42.7 Å². The Morgan fingerprint density at radius 2 is 1.80 bits per heavy atom. The van der Waals surface area contributed by atoms with Crippen LogP contribution in [0, 0.1) is 0 Å². The number of hydrogen-bond acceptors (Lipinski definition) is 2. The lowest BCUT2D eigenvalue weighted by Gasteiger charge is -2.12. The van der Waals surface area contributed by atoms with Gasteiger partial charge in [0.2, 0.25) is 0 Å². The second-order valence-electron chi connectivity index (χ2n) is 4.93. The van der Waals surface area contributed by atoms with Crippen molar-refractivity contribution in [2.75, 3.05) is 5.73 Å². The molecule has 2 nitrogen and oxygen atoms in total. The van der Waals surface area contributed by atoms with Crippen molar-refractivity contribution in [1.82, 2.24) is 0 Å². The second kappa shape index (κ2) is 5.74. The lowest BCUT2D eigenvalue weighted by Crippen LogP contribution is -2.08. The molecule has 0 radical (unpaired) electrons. The molecule has 102 valence electrons. The first kappa shape index (κ1) is 14.1. The Labute approximate surface area is 119 Å². The highest BCUT2D eigenvalue weighted by Crippen LogP contribution is 2.24. The van der Waals surface area contributed by atoms with Gasteiger partial charge in [-0.3, -0.25) is 4.79 Å². The number of nitrogens with two attached hydrogens (primary N) is 1. The molecule has 0 spiro atoms. The Morgan fingerprint density at radius 3 is 2.45 bits per heavy atom. The third kappa shape index (κ3) is 2.64. The minimum atomic E-state index is 0.0282. The van der Waals surface area contributed by atoms with Gasteiger partial charge in [0.1, 0.15) is 0 Å². The Hall–Kier alpha value is -2.35. The van der Waals surface area contributed by atoms with Crippen LogP contribution in [0.5, 0.6) is 0 Å². The summed E-state index contributed by atoms with van der Waals surface area (Å²) < 4.78 is 0. The average molecular weight is 265 g/mol.